The quantitative estimate of drug-likeness (QED) is 0.222. The monoisotopic (exact) mass is 535 g/mol. The number of carbonyl (C=O) groups excluding carboxylic acids is 3. The van der Waals surface area contributed by atoms with E-state index >= 15 is 0 Å². The molecule has 0 saturated carbocycles. The van der Waals surface area contributed by atoms with Gasteiger partial charge < -0.3 is 15.5 Å². The van der Waals surface area contributed by atoms with Crippen molar-refractivity contribution in [2.45, 2.75) is 13.8 Å². The Morgan fingerprint density at radius 3 is 2.17 bits per heavy atom. The van der Waals surface area contributed by atoms with Crippen molar-refractivity contribution in [2.24, 2.45) is 5.10 Å². The first-order valence-electron chi connectivity index (χ1n) is 11.1. The van der Waals surface area contributed by atoms with Crippen molar-refractivity contribution in [1.82, 2.24) is 5.43 Å². The normalized spacial score (nSPS) is 10.6. The number of halogens is 1. The molecule has 180 valence electrons. The summed E-state index contributed by atoms with van der Waals surface area (Å²) in [5.74, 6) is -2.32. The number of carbonyl (C=O) groups is 3. The van der Waals surface area contributed by atoms with E-state index in [4.69, 9.17) is 0 Å². The maximum atomic E-state index is 12.7. The molecule has 9 heteroatoms. The van der Waals surface area contributed by atoms with Crippen molar-refractivity contribution in [1.29, 1.82) is 0 Å². The largest absolute Gasteiger partial charge is 0.372 e. The summed E-state index contributed by atoms with van der Waals surface area (Å²) in [6.45, 7) is 5.99. The van der Waals surface area contributed by atoms with Gasteiger partial charge in [0.1, 0.15) is 0 Å². The molecular weight excluding hydrogens is 510 g/mol. The molecule has 0 fully saturated rings. The standard InChI is InChI=1S/C26H26BrN5O3/c1-3-32(4-2)21-15-9-18(10-16-21)17-28-31-26(35)25(34)30-23-8-6-5-7-22(23)24(33)29-20-13-11-19(27)12-14-20/h5-17H,3-4H2,1-2H3,(H,29,33)(H,30,34)(H,31,35)/b28-17+. The third-order valence-corrected chi connectivity index (χ3v) is 5.66. The molecule has 3 rings (SSSR count). The summed E-state index contributed by atoms with van der Waals surface area (Å²) >= 11 is 3.34. The van der Waals surface area contributed by atoms with Crippen LogP contribution in [0, 0.1) is 0 Å². The molecule has 0 unspecified atom stereocenters. The molecule has 8 nitrogen and oxygen atoms in total. The molecule has 3 aromatic carbocycles. The Labute approximate surface area is 212 Å². The Bertz CT molecular complexity index is 1210. The fraction of sp³-hybridized carbons (Fsp3) is 0.154. The molecule has 0 bridgehead atoms. The first-order valence-corrected chi connectivity index (χ1v) is 11.9. The Morgan fingerprint density at radius 1 is 0.857 bits per heavy atom. The summed E-state index contributed by atoms with van der Waals surface area (Å²) < 4.78 is 0.883. The van der Waals surface area contributed by atoms with Gasteiger partial charge in [-0.05, 0) is 67.9 Å². The summed E-state index contributed by atoms with van der Waals surface area (Å²) in [5, 5.41) is 9.09. The number of hydrogen-bond acceptors (Lipinski definition) is 5. The zero-order chi connectivity index (χ0) is 25.2. The Morgan fingerprint density at radius 2 is 1.51 bits per heavy atom. The Hall–Kier alpha value is -3.98. The summed E-state index contributed by atoms with van der Waals surface area (Å²) in [6.07, 6.45) is 1.46. The topological polar surface area (TPSA) is 103 Å². The van der Waals surface area contributed by atoms with E-state index < -0.39 is 17.7 Å². The lowest BCUT2D eigenvalue weighted by molar-refractivity contribution is -0.136. The van der Waals surface area contributed by atoms with Crippen LogP contribution in [0.4, 0.5) is 17.1 Å². The summed E-state index contributed by atoms with van der Waals surface area (Å²) in [7, 11) is 0. The molecule has 0 heterocycles. The number of rotatable bonds is 8. The van der Waals surface area contributed by atoms with Crippen molar-refractivity contribution < 1.29 is 14.4 Å². The van der Waals surface area contributed by atoms with Crippen LogP contribution in [0.1, 0.15) is 29.8 Å². The lowest BCUT2D eigenvalue weighted by Crippen LogP contribution is -2.33. The van der Waals surface area contributed by atoms with Crippen LogP contribution in [-0.4, -0.2) is 37.0 Å². The predicted molar refractivity (Wildman–Crippen MR) is 143 cm³/mol. The van der Waals surface area contributed by atoms with E-state index in [2.05, 4.69) is 55.8 Å². The molecule has 3 aromatic rings. The van der Waals surface area contributed by atoms with Crippen molar-refractivity contribution >= 4 is 56.9 Å². The second-order valence-corrected chi connectivity index (χ2v) is 8.34. The summed E-state index contributed by atoms with van der Waals surface area (Å²) in [5.41, 5.74) is 5.09. The highest BCUT2D eigenvalue weighted by atomic mass is 79.9. The van der Waals surface area contributed by atoms with E-state index in [1.165, 1.54) is 6.21 Å². The van der Waals surface area contributed by atoms with Crippen molar-refractivity contribution in [3.63, 3.8) is 0 Å². The molecule has 0 aliphatic rings. The maximum absolute atomic E-state index is 12.7. The highest BCUT2D eigenvalue weighted by Gasteiger charge is 2.17. The minimum absolute atomic E-state index is 0.207. The predicted octanol–water partition coefficient (Wildman–Crippen LogP) is 4.64. The Balaban J connectivity index is 1.59. The highest BCUT2D eigenvalue weighted by molar-refractivity contribution is 9.10. The lowest BCUT2D eigenvalue weighted by Gasteiger charge is -2.20. The summed E-state index contributed by atoms with van der Waals surface area (Å²) in [6, 6.07) is 21.2. The van der Waals surface area contributed by atoms with Crippen LogP contribution in [0.25, 0.3) is 0 Å². The van der Waals surface area contributed by atoms with Crippen LogP contribution in [0.3, 0.4) is 0 Å². The fourth-order valence-corrected chi connectivity index (χ4v) is 3.54. The zero-order valence-electron chi connectivity index (χ0n) is 19.4. The Kier molecular flexibility index (Phi) is 9.14. The van der Waals surface area contributed by atoms with Gasteiger partial charge in [0.2, 0.25) is 0 Å². The minimum atomic E-state index is -0.955. The second-order valence-electron chi connectivity index (χ2n) is 7.42. The number of nitrogens with zero attached hydrogens (tertiary/aromatic N) is 2. The molecule has 0 aliphatic carbocycles. The number of hydrogen-bond donors (Lipinski definition) is 3. The third kappa shape index (κ3) is 7.25. The van der Waals surface area contributed by atoms with Gasteiger partial charge in [-0.15, -0.1) is 0 Å². The highest BCUT2D eigenvalue weighted by Crippen LogP contribution is 2.19. The van der Waals surface area contributed by atoms with Gasteiger partial charge in [-0.2, -0.15) is 5.10 Å². The smallest absolute Gasteiger partial charge is 0.329 e. The van der Waals surface area contributed by atoms with Crippen molar-refractivity contribution in [3.8, 4) is 0 Å². The molecule has 0 atom stereocenters. The van der Waals surface area contributed by atoms with E-state index in [0.29, 0.717) is 5.69 Å². The minimum Gasteiger partial charge on any atom is -0.372 e. The number of benzene rings is 3. The number of para-hydroxylation sites is 1. The average molecular weight is 536 g/mol. The van der Waals surface area contributed by atoms with E-state index in [0.717, 1.165) is 28.8 Å². The molecule has 0 aromatic heterocycles. The molecule has 0 aliphatic heterocycles. The van der Waals surface area contributed by atoms with Gasteiger partial charge in [-0.1, -0.05) is 40.2 Å². The third-order valence-electron chi connectivity index (χ3n) is 5.13. The van der Waals surface area contributed by atoms with Gasteiger partial charge in [0.25, 0.3) is 5.91 Å². The van der Waals surface area contributed by atoms with E-state index in [1.54, 1.807) is 48.5 Å². The lowest BCUT2D eigenvalue weighted by atomic mass is 10.1. The van der Waals surface area contributed by atoms with Crippen LogP contribution in [0.2, 0.25) is 0 Å². The number of anilines is 3. The first kappa shape index (κ1) is 25.6. The van der Waals surface area contributed by atoms with Crippen LogP contribution < -0.4 is 21.0 Å². The zero-order valence-corrected chi connectivity index (χ0v) is 21.0. The first-order chi connectivity index (χ1) is 16.9. The molecule has 0 spiro atoms. The molecule has 0 radical (unpaired) electrons. The van der Waals surface area contributed by atoms with Gasteiger partial charge in [0, 0.05) is 28.9 Å². The van der Waals surface area contributed by atoms with Gasteiger partial charge in [0.05, 0.1) is 17.5 Å². The van der Waals surface area contributed by atoms with Crippen LogP contribution in [-0.2, 0) is 9.59 Å². The fourth-order valence-electron chi connectivity index (χ4n) is 3.28. The van der Waals surface area contributed by atoms with Crippen LogP contribution >= 0.6 is 15.9 Å². The number of hydrazone groups is 1. The van der Waals surface area contributed by atoms with Gasteiger partial charge in [0.15, 0.2) is 0 Å². The van der Waals surface area contributed by atoms with Crippen molar-refractivity contribution in [3.05, 3.63) is 88.4 Å². The van der Waals surface area contributed by atoms with E-state index in [9.17, 15) is 14.4 Å². The number of amides is 3. The molecule has 3 amide bonds. The molecule has 0 saturated heterocycles. The van der Waals surface area contributed by atoms with Gasteiger partial charge >= 0.3 is 11.8 Å². The second kappa shape index (κ2) is 12.5. The van der Waals surface area contributed by atoms with Gasteiger partial charge in [-0.25, -0.2) is 5.43 Å². The van der Waals surface area contributed by atoms with Crippen LogP contribution in [0.5, 0.6) is 0 Å². The molecule has 35 heavy (non-hydrogen) atoms. The average Bonchev–Trinajstić information content (AvgIpc) is 2.87. The number of nitrogens with one attached hydrogen (secondary N) is 3. The van der Waals surface area contributed by atoms with Crippen molar-refractivity contribution in [2.75, 3.05) is 28.6 Å². The van der Waals surface area contributed by atoms with Gasteiger partial charge in [-0.3, -0.25) is 14.4 Å². The molecular formula is C26H26BrN5O3. The molecule has 3 N–H and O–H groups in total. The summed E-state index contributed by atoms with van der Waals surface area (Å²) in [4.78, 5) is 39.5. The van der Waals surface area contributed by atoms with Crippen LogP contribution in [0.15, 0.2) is 82.4 Å². The van der Waals surface area contributed by atoms with E-state index in [1.807, 2.05) is 24.3 Å². The maximum Gasteiger partial charge on any atom is 0.329 e. The van der Waals surface area contributed by atoms with E-state index in [-0.39, 0.29) is 11.3 Å². The SMILES string of the molecule is CCN(CC)c1ccc(/C=N/NC(=O)C(=O)Nc2ccccc2C(=O)Nc2ccc(Br)cc2)cc1.